The van der Waals surface area contributed by atoms with Crippen molar-refractivity contribution in [3.8, 4) is 17.3 Å². The number of amides is 2. The molecule has 0 bridgehead atoms. The average Bonchev–Trinajstić information content (AvgIpc) is 3.70. The van der Waals surface area contributed by atoms with Crippen LogP contribution in [0.4, 0.5) is 0 Å². The highest BCUT2D eigenvalue weighted by atomic mass is 16.5. The van der Waals surface area contributed by atoms with E-state index in [0.717, 1.165) is 18.5 Å². The lowest BCUT2D eigenvalue weighted by Crippen LogP contribution is -2.44. The zero-order valence-electron chi connectivity index (χ0n) is 20.0. The average molecular weight is 487 g/mol. The number of rotatable bonds is 8. The number of hydrogen-bond donors (Lipinski definition) is 2. The molecule has 1 aromatic carbocycles. The Morgan fingerprint density at radius 1 is 1.06 bits per heavy atom. The first-order valence-electron chi connectivity index (χ1n) is 11.8. The molecule has 3 heterocycles. The summed E-state index contributed by atoms with van der Waals surface area (Å²) in [4.78, 5) is 34.8. The summed E-state index contributed by atoms with van der Waals surface area (Å²) in [6.45, 7) is 3.87. The predicted octanol–water partition coefficient (Wildman–Crippen LogP) is 3.24. The van der Waals surface area contributed by atoms with Crippen molar-refractivity contribution in [1.82, 2.24) is 30.6 Å². The van der Waals surface area contributed by atoms with E-state index in [4.69, 9.17) is 14.5 Å². The Labute approximate surface area is 207 Å². The smallest absolute Gasteiger partial charge is 0.276 e. The lowest BCUT2D eigenvalue weighted by Gasteiger charge is -2.12. The fourth-order valence-electron chi connectivity index (χ4n) is 3.93. The maximum Gasteiger partial charge on any atom is 0.276 e. The molecule has 2 amide bonds. The number of aromatic nitrogens is 4. The Bertz CT molecular complexity index is 1410. The van der Waals surface area contributed by atoms with Crippen LogP contribution in [0.25, 0.3) is 16.9 Å². The highest BCUT2D eigenvalue weighted by Gasteiger charge is 2.29. The molecule has 3 aromatic heterocycles. The maximum absolute atomic E-state index is 13.2. The van der Waals surface area contributed by atoms with Gasteiger partial charge in [0.05, 0.1) is 23.3 Å². The summed E-state index contributed by atoms with van der Waals surface area (Å²) in [6.07, 6.45) is 3.72. The summed E-state index contributed by atoms with van der Waals surface area (Å²) in [5, 5.41) is 5.21. The van der Waals surface area contributed by atoms with Crippen LogP contribution in [-0.2, 0) is 4.79 Å². The molecule has 0 aliphatic heterocycles. The SMILES string of the molecule is CCOc1ccccc1OCC(=O)NNC(=O)c1cc(C2CC2)nc2c1c(C)nn2-c1ccccn1. The first-order chi connectivity index (χ1) is 17.5. The normalized spacial score (nSPS) is 12.8. The van der Waals surface area contributed by atoms with E-state index in [-0.39, 0.29) is 6.61 Å². The monoisotopic (exact) mass is 486 g/mol. The molecular weight excluding hydrogens is 460 g/mol. The number of carbonyl (C=O) groups is 2. The van der Waals surface area contributed by atoms with Crippen molar-refractivity contribution in [1.29, 1.82) is 0 Å². The lowest BCUT2D eigenvalue weighted by atomic mass is 10.1. The summed E-state index contributed by atoms with van der Waals surface area (Å²) in [5.41, 5.74) is 7.34. The number of fused-ring (bicyclic) bond motifs is 1. The summed E-state index contributed by atoms with van der Waals surface area (Å²) in [7, 11) is 0. The zero-order chi connectivity index (χ0) is 25.1. The van der Waals surface area contributed by atoms with E-state index in [1.54, 1.807) is 35.1 Å². The van der Waals surface area contributed by atoms with E-state index >= 15 is 0 Å². The molecule has 2 N–H and O–H groups in total. The minimum Gasteiger partial charge on any atom is -0.490 e. The highest BCUT2D eigenvalue weighted by Crippen LogP contribution is 2.40. The predicted molar refractivity (Wildman–Crippen MR) is 132 cm³/mol. The molecule has 0 atom stereocenters. The van der Waals surface area contributed by atoms with Crippen molar-refractivity contribution in [3.05, 3.63) is 71.7 Å². The molecule has 0 spiro atoms. The van der Waals surface area contributed by atoms with Crippen molar-refractivity contribution in [2.24, 2.45) is 0 Å². The molecule has 10 nitrogen and oxygen atoms in total. The molecule has 1 aliphatic rings. The van der Waals surface area contributed by atoms with E-state index in [2.05, 4.69) is 20.9 Å². The second-order valence-corrected chi connectivity index (χ2v) is 8.42. The summed E-state index contributed by atoms with van der Waals surface area (Å²) in [5.74, 6) is 0.938. The van der Waals surface area contributed by atoms with Crippen LogP contribution in [0.15, 0.2) is 54.7 Å². The van der Waals surface area contributed by atoms with E-state index in [0.29, 0.717) is 52.1 Å². The van der Waals surface area contributed by atoms with Gasteiger partial charge in [-0.05, 0) is 57.0 Å². The molecule has 5 rings (SSSR count). The number of carbonyl (C=O) groups excluding carboxylic acids is 2. The van der Waals surface area contributed by atoms with Crippen LogP contribution >= 0.6 is 0 Å². The summed E-state index contributed by atoms with van der Waals surface area (Å²) < 4.78 is 12.7. The van der Waals surface area contributed by atoms with Gasteiger partial charge >= 0.3 is 0 Å². The Hall–Kier alpha value is -4.47. The number of ether oxygens (including phenoxy) is 2. The van der Waals surface area contributed by atoms with Crippen LogP contribution in [0.5, 0.6) is 11.5 Å². The molecule has 4 aromatic rings. The van der Waals surface area contributed by atoms with Crippen molar-refractivity contribution < 1.29 is 19.1 Å². The van der Waals surface area contributed by atoms with Crippen LogP contribution in [0, 0.1) is 6.92 Å². The minimum absolute atomic E-state index is 0.292. The standard InChI is InChI=1S/C26H26N6O4/c1-3-35-20-8-4-5-9-21(20)36-15-23(33)29-30-26(34)18-14-19(17-11-12-17)28-25-24(18)16(2)31-32(25)22-10-6-7-13-27-22/h4-10,13-14,17H,3,11-12,15H2,1-2H3,(H,29,33)(H,30,34). The van der Waals surface area contributed by atoms with E-state index < -0.39 is 11.8 Å². The lowest BCUT2D eigenvalue weighted by molar-refractivity contribution is -0.123. The van der Waals surface area contributed by atoms with Gasteiger partial charge in [-0.15, -0.1) is 0 Å². The number of hydrogen-bond acceptors (Lipinski definition) is 7. The number of nitrogens with one attached hydrogen (secondary N) is 2. The van der Waals surface area contributed by atoms with Gasteiger partial charge in [0.15, 0.2) is 29.6 Å². The van der Waals surface area contributed by atoms with Gasteiger partial charge in [0.25, 0.3) is 11.8 Å². The van der Waals surface area contributed by atoms with Gasteiger partial charge in [-0.2, -0.15) is 9.78 Å². The van der Waals surface area contributed by atoms with Gasteiger partial charge in [-0.3, -0.25) is 20.4 Å². The molecule has 1 fully saturated rings. The molecule has 0 saturated heterocycles. The van der Waals surface area contributed by atoms with Crippen LogP contribution in [0.1, 0.15) is 47.4 Å². The number of pyridine rings is 2. The van der Waals surface area contributed by atoms with Crippen molar-refractivity contribution in [2.75, 3.05) is 13.2 Å². The van der Waals surface area contributed by atoms with E-state index in [1.807, 2.05) is 38.1 Å². The van der Waals surface area contributed by atoms with Crippen LogP contribution < -0.4 is 20.3 Å². The van der Waals surface area contributed by atoms with Gasteiger partial charge < -0.3 is 9.47 Å². The molecule has 184 valence electrons. The Balaban J connectivity index is 1.34. The largest absolute Gasteiger partial charge is 0.490 e. The fraction of sp³-hybridized carbons (Fsp3) is 0.269. The van der Waals surface area contributed by atoms with Crippen LogP contribution in [-0.4, -0.2) is 44.8 Å². The first-order valence-corrected chi connectivity index (χ1v) is 11.8. The zero-order valence-corrected chi connectivity index (χ0v) is 20.0. The van der Waals surface area contributed by atoms with Gasteiger partial charge in [0.2, 0.25) is 0 Å². The number of aryl methyl sites for hydroxylation is 1. The summed E-state index contributed by atoms with van der Waals surface area (Å²) >= 11 is 0. The Morgan fingerprint density at radius 2 is 1.81 bits per heavy atom. The third-order valence-electron chi connectivity index (χ3n) is 5.76. The third kappa shape index (κ3) is 4.83. The second-order valence-electron chi connectivity index (χ2n) is 8.42. The number of benzene rings is 1. The fourth-order valence-corrected chi connectivity index (χ4v) is 3.93. The van der Waals surface area contributed by atoms with E-state index in [1.165, 1.54) is 0 Å². The first kappa shape index (κ1) is 23.3. The highest BCUT2D eigenvalue weighted by molar-refractivity contribution is 6.07. The molecule has 1 aliphatic carbocycles. The van der Waals surface area contributed by atoms with Crippen LogP contribution in [0.3, 0.4) is 0 Å². The van der Waals surface area contributed by atoms with Crippen LogP contribution in [0.2, 0.25) is 0 Å². The van der Waals surface area contributed by atoms with Gasteiger partial charge in [0.1, 0.15) is 0 Å². The molecule has 36 heavy (non-hydrogen) atoms. The van der Waals surface area contributed by atoms with Crippen molar-refractivity contribution >= 4 is 22.8 Å². The van der Waals surface area contributed by atoms with Gasteiger partial charge in [-0.25, -0.2) is 9.97 Å². The van der Waals surface area contributed by atoms with E-state index in [9.17, 15) is 9.59 Å². The maximum atomic E-state index is 13.2. The number of para-hydroxylation sites is 2. The van der Waals surface area contributed by atoms with Crippen molar-refractivity contribution in [3.63, 3.8) is 0 Å². The van der Waals surface area contributed by atoms with Gasteiger partial charge in [0, 0.05) is 17.8 Å². The number of hydrazine groups is 1. The van der Waals surface area contributed by atoms with Gasteiger partial charge in [-0.1, -0.05) is 18.2 Å². The topological polar surface area (TPSA) is 120 Å². The van der Waals surface area contributed by atoms with Crippen molar-refractivity contribution in [2.45, 2.75) is 32.6 Å². The Morgan fingerprint density at radius 3 is 2.50 bits per heavy atom. The second kappa shape index (κ2) is 10.0. The molecule has 1 saturated carbocycles. The quantitative estimate of drug-likeness (QED) is 0.367. The number of nitrogens with zero attached hydrogens (tertiary/aromatic N) is 4. The molecule has 0 unspecified atom stereocenters. The molecule has 10 heteroatoms. The minimum atomic E-state index is -0.511. The Kier molecular flexibility index (Phi) is 6.48. The molecular formula is C26H26N6O4. The third-order valence-corrected chi connectivity index (χ3v) is 5.76. The summed E-state index contributed by atoms with van der Waals surface area (Å²) in [6, 6.07) is 14.4. The molecule has 0 radical (unpaired) electrons.